The predicted octanol–water partition coefficient (Wildman–Crippen LogP) is 4.30. The molecule has 2 aromatic rings. The van der Waals surface area contributed by atoms with Crippen LogP contribution in [-0.2, 0) is 14.3 Å². The molecule has 0 unspecified atom stereocenters. The van der Waals surface area contributed by atoms with Crippen LogP contribution in [0.3, 0.4) is 0 Å². The first kappa shape index (κ1) is 22.4. The third kappa shape index (κ3) is 6.58. The lowest BCUT2D eigenvalue weighted by molar-refractivity contribution is -0.142. The number of para-hydroxylation sites is 2. The van der Waals surface area contributed by atoms with Gasteiger partial charge in [0, 0.05) is 12.5 Å². The van der Waals surface area contributed by atoms with Crippen LogP contribution in [0.5, 0.6) is 17.2 Å². The lowest BCUT2D eigenvalue weighted by Gasteiger charge is -2.11. The molecule has 1 aliphatic rings. The van der Waals surface area contributed by atoms with E-state index in [-0.39, 0.29) is 11.4 Å². The number of halogens is 3. The monoisotopic (exact) mass is 453 g/mol. The Morgan fingerprint density at radius 3 is 2.77 bits per heavy atom. The average Bonchev–Trinajstić information content (AvgIpc) is 2.98. The minimum atomic E-state index is -3.04. The molecule has 1 heterocycles. The fraction of sp³-hybridized carbons (Fsp3) is 0.238. The SMILES string of the molecule is O=C(COC(=O)C=Cc1cc(Cl)c2c(c1)OCCCO2)Nc1ccccc1OC(F)F. The van der Waals surface area contributed by atoms with Crippen LogP contribution in [0.2, 0.25) is 5.02 Å². The number of rotatable bonds is 7. The topological polar surface area (TPSA) is 83.1 Å². The molecule has 31 heavy (non-hydrogen) atoms. The second-order valence-electron chi connectivity index (χ2n) is 6.24. The summed E-state index contributed by atoms with van der Waals surface area (Å²) in [6, 6.07) is 8.93. The summed E-state index contributed by atoms with van der Waals surface area (Å²) in [7, 11) is 0. The van der Waals surface area contributed by atoms with Crippen molar-refractivity contribution >= 4 is 35.2 Å². The fourth-order valence-corrected chi connectivity index (χ4v) is 2.92. The van der Waals surface area contributed by atoms with Gasteiger partial charge >= 0.3 is 12.6 Å². The van der Waals surface area contributed by atoms with Gasteiger partial charge in [-0.25, -0.2) is 4.79 Å². The van der Waals surface area contributed by atoms with Crippen molar-refractivity contribution in [3.8, 4) is 17.2 Å². The Bertz CT molecular complexity index is 982. The summed E-state index contributed by atoms with van der Waals surface area (Å²) in [6.07, 6.45) is 3.30. The molecule has 0 fully saturated rings. The Balaban J connectivity index is 1.55. The average molecular weight is 454 g/mol. The first-order valence-corrected chi connectivity index (χ1v) is 9.58. The van der Waals surface area contributed by atoms with E-state index in [2.05, 4.69) is 10.1 Å². The molecule has 0 bridgehead atoms. The Kier molecular flexibility index (Phi) is 7.66. The quantitative estimate of drug-likeness (QED) is 0.497. The number of benzene rings is 2. The molecular weight excluding hydrogens is 436 g/mol. The number of hydrogen-bond donors (Lipinski definition) is 1. The molecule has 1 aliphatic heterocycles. The van der Waals surface area contributed by atoms with Crippen LogP contribution in [0.4, 0.5) is 14.5 Å². The molecule has 0 aliphatic carbocycles. The number of anilines is 1. The lowest BCUT2D eigenvalue weighted by atomic mass is 10.2. The number of alkyl halides is 2. The molecular formula is C21H18ClF2NO6. The van der Waals surface area contributed by atoms with E-state index in [0.29, 0.717) is 35.3 Å². The van der Waals surface area contributed by atoms with Crippen LogP contribution in [0.15, 0.2) is 42.5 Å². The molecule has 0 saturated carbocycles. The van der Waals surface area contributed by atoms with Crippen molar-refractivity contribution in [2.75, 3.05) is 25.1 Å². The second-order valence-corrected chi connectivity index (χ2v) is 6.65. The summed E-state index contributed by atoms with van der Waals surface area (Å²) >= 11 is 6.19. The highest BCUT2D eigenvalue weighted by Crippen LogP contribution is 2.38. The summed E-state index contributed by atoms with van der Waals surface area (Å²) in [4.78, 5) is 23.9. The number of esters is 1. The van der Waals surface area contributed by atoms with E-state index in [1.165, 1.54) is 30.3 Å². The maximum Gasteiger partial charge on any atom is 0.387 e. The number of amides is 1. The van der Waals surface area contributed by atoms with Gasteiger partial charge in [0.1, 0.15) is 5.75 Å². The lowest BCUT2D eigenvalue weighted by Crippen LogP contribution is -2.20. The number of carbonyl (C=O) groups excluding carboxylic acids is 2. The van der Waals surface area contributed by atoms with E-state index < -0.39 is 25.1 Å². The molecule has 0 spiro atoms. The Hall–Kier alpha value is -3.33. The van der Waals surface area contributed by atoms with Gasteiger partial charge in [-0.3, -0.25) is 4.79 Å². The van der Waals surface area contributed by atoms with E-state index in [4.69, 9.17) is 25.8 Å². The van der Waals surface area contributed by atoms with Crippen LogP contribution in [-0.4, -0.2) is 38.3 Å². The van der Waals surface area contributed by atoms with Gasteiger partial charge in [-0.1, -0.05) is 23.7 Å². The predicted molar refractivity (Wildman–Crippen MR) is 109 cm³/mol. The van der Waals surface area contributed by atoms with Gasteiger partial charge in [0.25, 0.3) is 5.91 Å². The zero-order valence-electron chi connectivity index (χ0n) is 16.1. The summed E-state index contributed by atoms with van der Waals surface area (Å²) in [5, 5.41) is 2.69. The minimum Gasteiger partial charge on any atom is -0.489 e. The van der Waals surface area contributed by atoms with Gasteiger partial charge < -0.3 is 24.3 Å². The summed E-state index contributed by atoms with van der Waals surface area (Å²) in [5.41, 5.74) is 0.606. The van der Waals surface area contributed by atoms with Crippen LogP contribution >= 0.6 is 11.6 Å². The third-order valence-corrected chi connectivity index (χ3v) is 4.24. The molecule has 0 atom stereocenters. The molecule has 0 saturated heterocycles. The van der Waals surface area contributed by atoms with Crippen LogP contribution < -0.4 is 19.5 Å². The van der Waals surface area contributed by atoms with Gasteiger partial charge in [0.2, 0.25) is 0 Å². The van der Waals surface area contributed by atoms with Crippen LogP contribution in [0, 0.1) is 0 Å². The summed E-state index contributed by atoms with van der Waals surface area (Å²) in [6.45, 7) is -2.68. The van der Waals surface area contributed by atoms with Gasteiger partial charge in [0.15, 0.2) is 18.1 Å². The van der Waals surface area contributed by atoms with Crippen LogP contribution in [0.1, 0.15) is 12.0 Å². The van der Waals surface area contributed by atoms with E-state index >= 15 is 0 Å². The standard InChI is InChI=1S/C21H18ClF2NO6/c22-14-10-13(11-17-20(14)29-9-3-8-28-17)6-7-19(27)30-12-18(26)25-15-4-1-2-5-16(15)31-21(23)24/h1-2,4-7,10-11,21H,3,8-9,12H2,(H,25,26). The normalized spacial score (nSPS) is 13.0. The Labute approximate surface area is 181 Å². The van der Waals surface area contributed by atoms with E-state index in [1.54, 1.807) is 12.1 Å². The van der Waals surface area contributed by atoms with Crippen molar-refractivity contribution < 1.29 is 37.3 Å². The van der Waals surface area contributed by atoms with Crippen molar-refractivity contribution in [2.45, 2.75) is 13.0 Å². The molecule has 164 valence electrons. The number of fused-ring (bicyclic) bond motifs is 1. The van der Waals surface area contributed by atoms with E-state index in [9.17, 15) is 18.4 Å². The highest BCUT2D eigenvalue weighted by Gasteiger charge is 2.15. The maximum atomic E-state index is 12.4. The van der Waals surface area contributed by atoms with Crippen molar-refractivity contribution in [1.29, 1.82) is 0 Å². The fourth-order valence-electron chi connectivity index (χ4n) is 2.65. The number of carbonyl (C=O) groups is 2. The molecule has 1 amide bonds. The first-order valence-electron chi connectivity index (χ1n) is 9.20. The zero-order valence-corrected chi connectivity index (χ0v) is 16.9. The molecule has 2 aromatic carbocycles. The van der Waals surface area contributed by atoms with Crippen molar-refractivity contribution in [3.05, 3.63) is 53.1 Å². The highest BCUT2D eigenvalue weighted by molar-refractivity contribution is 6.32. The number of nitrogens with one attached hydrogen (secondary N) is 1. The zero-order chi connectivity index (χ0) is 22.2. The van der Waals surface area contributed by atoms with Crippen molar-refractivity contribution in [1.82, 2.24) is 0 Å². The molecule has 3 rings (SSSR count). The number of ether oxygens (including phenoxy) is 4. The van der Waals surface area contributed by atoms with Gasteiger partial charge in [-0.15, -0.1) is 0 Å². The molecule has 0 aromatic heterocycles. The Morgan fingerprint density at radius 2 is 1.97 bits per heavy atom. The van der Waals surface area contributed by atoms with Crippen molar-refractivity contribution in [2.24, 2.45) is 0 Å². The smallest absolute Gasteiger partial charge is 0.387 e. The molecule has 10 heteroatoms. The molecule has 1 N–H and O–H groups in total. The molecule has 0 radical (unpaired) electrons. The first-order chi connectivity index (χ1) is 14.9. The summed E-state index contributed by atoms with van der Waals surface area (Å²) in [5.74, 6) is -0.779. The van der Waals surface area contributed by atoms with E-state index in [0.717, 1.165) is 12.5 Å². The van der Waals surface area contributed by atoms with Crippen molar-refractivity contribution in [3.63, 3.8) is 0 Å². The molecule has 7 nitrogen and oxygen atoms in total. The highest BCUT2D eigenvalue weighted by atomic mass is 35.5. The second kappa shape index (κ2) is 10.6. The summed E-state index contributed by atoms with van der Waals surface area (Å²) < 4.78 is 45.1. The maximum absolute atomic E-state index is 12.4. The van der Waals surface area contributed by atoms with E-state index in [1.807, 2.05) is 0 Å². The van der Waals surface area contributed by atoms with Crippen LogP contribution in [0.25, 0.3) is 6.08 Å². The van der Waals surface area contributed by atoms with Gasteiger partial charge in [-0.05, 0) is 35.9 Å². The largest absolute Gasteiger partial charge is 0.489 e. The third-order valence-electron chi connectivity index (χ3n) is 3.96. The Morgan fingerprint density at radius 1 is 1.19 bits per heavy atom. The minimum absolute atomic E-state index is 0.0289. The number of hydrogen-bond acceptors (Lipinski definition) is 6. The van der Waals surface area contributed by atoms with Gasteiger partial charge in [-0.2, -0.15) is 8.78 Å². The van der Waals surface area contributed by atoms with Gasteiger partial charge in [0.05, 0.1) is 23.9 Å².